The minimum absolute atomic E-state index is 0.0596. The summed E-state index contributed by atoms with van der Waals surface area (Å²) in [6.45, 7) is 6.69. The molecule has 27 heavy (non-hydrogen) atoms. The Labute approximate surface area is 161 Å². The minimum Gasteiger partial charge on any atom is -0.332 e. The van der Waals surface area contributed by atoms with Crippen LogP contribution in [-0.4, -0.2) is 32.0 Å². The average molecular weight is 387 g/mol. The lowest BCUT2D eigenvalue weighted by molar-refractivity contribution is 0.0735. The third-order valence-electron chi connectivity index (χ3n) is 5.21. The second-order valence-electron chi connectivity index (χ2n) is 7.40. The maximum atomic E-state index is 13.2. The van der Waals surface area contributed by atoms with Crippen molar-refractivity contribution in [3.05, 3.63) is 64.2 Å². The normalized spacial score (nSPS) is 17.2. The molecule has 1 amide bonds. The van der Waals surface area contributed by atoms with Crippen molar-refractivity contribution in [1.82, 2.24) is 4.90 Å². The van der Waals surface area contributed by atoms with E-state index in [0.29, 0.717) is 17.8 Å². The maximum Gasteiger partial charge on any atom is 0.254 e. The van der Waals surface area contributed by atoms with Crippen molar-refractivity contribution in [2.24, 2.45) is 0 Å². The largest absolute Gasteiger partial charge is 0.332 e. The lowest BCUT2D eigenvalue weighted by atomic mass is 9.99. The molecule has 1 N–H and O–H groups in total. The van der Waals surface area contributed by atoms with Crippen molar-refractivity contribution >= 4 is 21.6 Å². The molecule has 0 saturated carbocycles. The highest BCUT2D eigenvalue weighted by atomic mass is 32.2. The summed E-state index contributed by atoms with van der Waals surface area (Å²) < 4.78 is 25.7. The number of benzene rings is 2. The molecule has 1 heterocycles. The highest BCUT2D eigenvalue weighted by Gasteiger charge is 2.31. The Hall–Kier alpha value is -2.34. The van der Waals surface area contributed by atoms with Gasteiger partial charge in [0.25, 0.3) is 5.91 Å². The van der Waals surface area contributed by atoms with Gasteiger partial charge in [0.2, 0.25) is 10.0 Å². The molecule has 0 aromatic heterocycles. The zero-order chi connectivity index (χ0) is 19.8. The molecule has 0 aliphatic carbocycles. The van der Waals surface area contributed by atoms with Gasteiger partial charge in [-0.1, -0.05) is 24.3 Å². The van der Waals surface area contributed by atoms with Gasteiger partial charge in [0.1, 0.15) is 0 Å². The molecule has 1 aliphatic heterocycles. The van der Waals surface area contributed by atoms with Gasteiger partial charge in [0.15, 0.2) is 0 Å². The summed E-state index contributed by atoms with van der Waals surface area (Å²) in [6, 6.07) is 11.6. The van der Waals surface area contributed by atoms with E-state index < -0.39 is 10.0 Å². The van der Waals surface area contributed by atoms with E-state index in [0.717, 1.165) is 30.2 Å². The van der Waals surface area contributed by atoms with Crippen LogP contribution in [0.25, 0.3) is 0 Å². The van der Waals surface area contributed by atoms with Crippen molar-refractivity contribution in [3.8, 4) is 0 Å². The monoisotopic (exact) mass is 386 g/mol. The van der Waals surface area contributed by atoms with Gasteiger partial charge in [0.05, 0.1) is 18.0 Å². The number of nitrogens with zero attached hydrogens (tertiary/aromatic N) is 1. The second kappa shape index (κ2) is 7.35. The van der Waals surface area contributed by atoms with Crippen molar-refractivity contribution in [3.63, 3.8) is 0 Å². The van der Waals surface area contributed by atoms with Crippen molar-refractivity contribution in [2.75, 3.05) is 17.5 Å². The number of carbonyl (C=O) groups excluding carboxylic acids is 1. The summed E-state index contributed by atoms with van der Waals surface area (Å²) >= 11 is 0. The molecule has 1 atom stereocenters. The Balaban J connectivity index is 1.90. The molecule has 144 valence electrons. The molecule has 1 aliphatic rings. The fourth-order valence-electron chi connectivity index (χ4n) is 3.56. The highest BCUT2D eigenvalue weighted by Crippen LogP contribution is 2.34. The smallest absolute Gasteiger partial charge is 0.254 e. The van der Waals surface area contributed by atoms with Crippen LogP contribution in [-0.2, 0) is 10.0 Å². The van der Waals surface area contributed by atoms with Crippen LogP contribution < -0.4 is 4.72 Å². The number of amides is 1. The molecule has 6 heteroatoms. The first-order valence-electron chi connectivity index (χ1n) is 9.12. The van der Waals surface area contributed by atoms with Crippen LogP contribution >= 0.6 is 0 Å². The number of hydrogen-bond acceptors (Lipinski definition) is 3. The van der Waals surface area contributed by atoms with Crippen LogP contribution in [0.2, 0.25) is 0 Å². The summed E-state index contributed by atoms with van der Waals surface area (Å²) in [4.78, 5) is 15.1. The molecule has 2 aromatic carbocycles. The molecular weight excluding hydrogens is 360 g/mol. The third kappa shape index (κ3) is 4.33. The van der Waals surface area contributed by atoms with Crippen LogP contribution in [0.1, 0.15) is 51.5 Å². The fourth-order valence-corrected chi connectivity index (χ4v) is 4.18. The highest BCUT2D eigenvalue weighted by molar-refractivity contribution is 7.92. The van der Waals surface area contributed by atoms with E-state index in [1.165, 1.54) is 11.1 Å². The summed E-state index contributed by atoms with van der Waals surface area (Å²) in [5, 5.41) is 0. The van der Waals surface area contributed by atoms with E-state index in [1.54, 1.807) is 18.2 Å². The third-order valence-corrected chi connectivity index (χ3v) is 5.80. The van der Waals surface area contributed by atoms with Gasteiger partial charge in [-0.15, -0.1) is 0 Å². The average Bonchev–Trinajstić information content (AvgIpc) is 3.07. The Morgan fingerprint density at radius 2 is 1.74 bits per heavy atom. The predicted octanol–water partition coefficient (Wildman–Crippen LogP) is 3.96. The number of sulfonamides is 1. The van der Waals surface area contributed by atoms with Crippen LogP contribution in [0.15, 0.2) is 36.4 Å². The molecule has 5 nitrogen and oxygen atoms in total. The number of likely N-dealkylation sites (tertiary alicyclic amines) is 1. The van der Waals surface area contributed by atoms with Gasteiger partial charge in [-0.25, -0.2) is 8.42 Å². The first-order valence-corrected chi connectivity index (χ1v) is 11.0. The van der Waals surface area contributed by atoms with Crippen molar-refractivity contribution < 1.29 is 13.2 Å². The molecule has 0 radical (unpaired) electrons. The van der Waals surface area contributed by atoms with Gasteiger partial charge in [-0.3, -0.25) is 9.52 Å². The lowest BCUT2D eigenvalue weighted by Gasteiger charge is -2.26. The van der Waals surface area contributed by atoms with Gasteiger partial charge in [0, 0.05) is 12.1 Å². The van der Waals surface area contributed by atoms with E-state index in [1.807, 2.05) is 11.8 Å². The zero-order valence-electron chi connectivity index (χ0n) is 16.2. The summed E-state index contributed by atoms with van der Waals surface area (Å²) in [5.41, 5.74) is 5.36. The Kier molecular flexibility index (Phi) is 5.29. The van der Waals surface area contributed by atoms with Crippen molar-refractivity contribution in [1.29, 1.82) is 0 Å². The lowest BCUT2D eigenvalue weighted by Crippen LogP contribution is -2.30. The molecule has 2 aromatic rings. The molecule has 0 unspecified atom stereocenters. The zero-order valence-corrected chi connectivity index (χ0v) is 17.1. The van der Waals surface area contributed by atoms with E-state index in [2.05, 4.69) is 36.8 Å². The van der Waals surface area contributed by atoms with E-state index in [4.69, 9.17) is 0 Å². The summed E-state index contributed by atoms with van der Waals surface area (Å²) in [7, 11) is -3.40. The number of anilines is 1. The predicted molar refractivity (Wildman–Crippen MR) is 109 cm³/mol. The van der Waals surface area contributed by atoms with Crippen LogP contribution in [0.5, 0.6) is 0 Å². The molecule has 0 spiro atoms. The molecule has 1 fully saturated rings. The van der Waals surface area contributed by atoms with E-state index >= 15 is 0 Å². The van der Waals surface area contributed by atoms with Gasteiger partial charge >= 0.3 is 0 Å². The SMILES string of the molecule is Cc1ccc([C@H]2CCCN2C(=O)c2ccc(C)c(NS(C)(=O)=O)c2)cc1C. The van der Waals surface area contributed by atoms with E-state index in [-0.39, 0.29) is 11.9 Å². The number of aryl methyl sites for hydroxylation is 3. The van der Waals surface area contributed by atoms with Crippen molar-refractivity contribution in [2.45, 2.75) is 39.7 Å². The first kappa shape index (κ1) is 19.4. The van der Waals surface area contributed by atoms with Gasteiger partial charge in [-0.2, -0.15) is 0 Å². The Morgan fingerprint density at radius 3 is 2.41 bits per heavy atom. The molecule has 3 rings (SSSR count). The fraction of sp³-hybridized carbons (Fsp3) is 0.381. The van der Waals surface area contributed by atoms with E-state index in [9.17, 15) is 13.2 Å². The quantitative estimate of drug-likeness (QED) is 0.865. The van der Waals surface area contributed by atoms with Gasteiger partial charge < -0.3 is 4.90 Å². The molecule has 0 bridgehead atoms. The van der Waals surface area contributed by atoms with Gasteiger partial charge in [-0.05, 0) is 68.0 Å². The summed E-state index contributed by atoms with van der Waals surface area (Å²) in [6.07, 6.45) is 3.01. The maximum absolute atomic E-state index is 13.2. The minimum atomic E-state index is -3.40. The summed E-state index contributed by atoms with van der Waals surface area (Å²) in [5.74, 6) is -0.0627. The number of hydrogen-bond donors (Lipinski definition) is 1. The Bertz CT molecular complexity index is 983. The number of nitrogens with one attached hydrogen (secondary N) is 1. The second-order valence-corrected chi connectivity index (χ2v) is 9.15. The Morgan fingerprint density at radius 1 is 1.04 bits per heavy atom. The van der Waals surface area contributed by atoms with Crippen LogP contribution in [0.4, 0.5) is 5.69 Å². The number of rotatable bonds is 4. The first-order chi connectivity index (χ1) is 12.7. The molecular formula is C21H26N2O3S. The molecule has 1 saturated heterocycles. The topological polar surface area (TPSA) is 66.5 Å². The standard InChI is InChI=1S/C21H26N2O3S/c1-14-7-9-17(12-16(14)3)20-6-5-11-23(20)21(24)18-10-8-15(2)19(13-18)22-27(4,25)26/h7-10,12-13,20,22H,5-6,11H2,1-4H3/t20-/m1/s1. The number of carbonyl (C=O) groups is 1. The van der Waals surface area contributed by atoms with Crippen LogP contribution in [0.3, 0.4) is 0 Å². The van der Waals surface area contributed by atoms with Crippen LogP contribution in [0, 0.1) is 20.8 Å².